The molecule has 32 heavy (non-hydrogen) atoms. The Hall–Kier alpha value is -3.40. The fraction of sp³-hybridized carbons (Fsp3) is 0.286. The molecule has 1 aliphatic carbocycles. The van der Waals surface area contributed by atoms with Gasteiger partial charge < -0.3 is 10.1 Å². The van der Waals surface area contributed by atoms with Crippen molar-refractivity contribution in [3.63, 3.8) is 0 Å². The van der Waals surface area contributed by atoms with Crippen molar-refractivity contribution in [3.8, 4) is 16.9 Å². The van der Waals surface area contributed by atoms with Gasteiger partial charge in [0.25, 0.3) is 0 Å². The van der Waals surface area contributed by atoms with Gasteiger partial charge in [0.2, 0.25) is 5.91 Å². The maximum Gasteiger partial charge on any atom is 0.228 e. The van der Waals surface area contributed by atoms with Crippen LogP contribution < -0.4 is 10.1 Å². The number of fused-ring (bicyclic) bond motifs is 3. The monoisotopic (exact) mass is 426 g/mol. The van der Waals surface area contributed by atoms with E-state index in [-0.39, 0.29) is 11.8 Å². The molecule has 1 atom stereocenters. The van der Waals surface area contributed by atoms with Crippen LogP contribution in [0.15, 0.2) is 66.4 Å². The Labute approximate surface area is 190 Å². The summed E-state index contributed by atoms with van der Waals surface area (Å²) in [6.07, 6.45) is 14.6. The fourth-order valence-corrected chi connectivity index (χ4v) is 4.56. The number of nitrogens with zero attached hydrogens (tertiary/aromatic N) is 1. The van der Waals surface area contributed by atoms with Crippen molar-refractivity contribution in [1.82, 2.24) is 10.3 Å². The van der Waals surface area contributed by atoms with Gasteiger partial charge >= 0.3 is 0 Å². The van der Waals surface area contributed by atoms with Crippen LogP contribution >= 0.6 is 0 Å². The van der Waals surface area contributed by atoms with Crippen molar-refractivity contribution >= 4 is 11.5 Å². The molecule has 4 rings (SSSR count). The number of benzene rings is 1. The van der Waals surface area contributed by atoms with Crippen LogP contribution in [0.25, 0.3) is 16.7 Å². The molecule has 1 N–H and O–H groups in total. The molecule has 2 aliphatic rings. The zero-order valence-electron chi connectivity index (χ0n) is 19.2. The van der Waals surface area contributed by atoms with Gasteiger partial charge in [0.05, 0.1) is 24.9 Å². The normalized spacial score (nSPS) is 18.0. The number of rotatable bonds is 5. The van der Waals surface area contributed by atoms with Crippen LogP contribution in [0.3, 0.4) is 0 Å². The first-order chi connectivity index (χ1) is 15.5. The Bertz CT molecular complexity index is 1170. The number of allylic oxidation sites excluding steroid dienone is 8. The SMILES string of the molecule is C/C=C\C(=C/CC)c1cc(-c2ccc(OC)c(C)c2)c2c(n1)C1CC=CC=C1NC(=O)C2. The van der Waals surface area contributed by atoms with Crippen LogP contribution in [0, 0.1) is 6.92 Å². The first kappa shape index (κ1) is 21.8. The number of ether oxygens (including phenoxy) is 1. The lowest BCUT2D eigenvalue weighted by atomic mass is 9.86. The summed E-state index contributed by atoms with van der Waals surface area (Å²) in [6, 6.07) is 8.35. The topological polar surface area (TPSA) is 51.2 Å². The third-order valence-electron chi connectivity index (χ3n) is 6.04. The van der Waals surface area contributed by atoms with Crippen molar-refractivity contribution in [3.05, 3.63) is 88.9 Å². The summed E-state index contributed by atoms with van der Waals surface area (Å²) >= 11 is 0. The van der Waals surface area contributed by atoms with E-state index in [4.69, 9.17) is 9.72 Å². The molecule has 1 aromatic heterocycles. The Balaban J connectivity index is 2.00. The molecule has 0 fully saturated rings. The second-order valence-electron chi connectivity index (χ2n) is 8.23. The molecule has 4 nitrogen and oxygen atoms in total. The first-order valence-corrected chi connectivity index (χ1v) is 11.2. The van der Waals surface area contributed by atoms with Crippen LogP contribution in [-0.2, 0) is 11.2 Å². The van der Waals surface area contributed by atoms with E-state index in [0.717, 1.165) is 63.5 Å². The molecule has 0 radical (unpaired) electrons. The number of hydrogen-bond donors (Lipinski definition) is 1. The standard InChI is InChI=1S/C28H30N2O2/c1-5-9-19(10-6-2)25-16-22(20-13-14-26(32-4)18(3)15-20)23-17-27(31)29-24-12-8-7-11-21(24)28(23)30-25/h5,7-10,12-16,21H,6,11,17H2,1-4H3,(H,29,31)/b9-5-,19-10+. The van der Waals surface area contributed by atoms with Crippen molar-refractivity contribution in [2.24, 2.45) is 0 Å². The molecule has 0 bridgehead atoms. The summed E-state index contributed by atoms with van der Waals surface area (Å²) in [5.74, 6) is 0.914. The summed E-state index contributed by atoms with van der Waals surface area (Å²) in [5, 5.41) is 3.12. The number of carbonyl (C=O) groups excluding carboxylic acids is 1. The summed E-state index contributed by atoms with van der Waals surface area (Å²) in [7, 11) is 1.69. The van der Waals surface area contributed by atoms with Crippen LogP contribution in [0.1, 0.15) is 55.1 Å². The minimum atomic E-state index is 0.00844. The largest absolute Gasteiger partial charge is 0.496 e. The van der Waals surface area contributed by atoms with E-state index in [1.807, 2.05) is 38.1 Å². The molecule has 4 heteroatoms. The van der Waals surface area contributed by atoms with Gasteiger partial charge in [-0.3, -0.25) is 9.78 Å². The molecule has 1 aliphatic heterocycles. The smallest absolute Gasteiger partial charge is 0.228 e. The lowest BCUT2D eigenvalue weighted by Gasteiger charge is -2.23. The van der Waals surface area contributed by atoms with Gasteiger partial charge in [0.1, 0.15) is 5.75 Å². The number of amides is 1. The number of hydrogen-bond acceptors (Lipinski definition) is 3. The number of carbonyl (C=O) groups is 1. The third-order valence-corrected chi connectivity index (χ3v) is 6.04. The molecule has 2 heterocycles. The number of nitrogens with one attached hydrogen (secondary N) is 1. The molecule has 164 valence electrons. The van der Waals surface area contributed by atoms with Crippen molar-refractivity contribution in [2.75, 3.05) is 7.11 Å². The summed E-state index contributed by atoms with van der Waals surface area (Å²) < 4.78 is 5.47. The van der Waals surface area contributed by atoms with E-state index in [0.29, 0.717) is 6.42 Å². The molecular formula is C28H30N2O2. The Morgan fingerprint density at radius 1 is 1.31 bits per heavy atom. The van der Waals surface area contributed by atoms with Crippen molar-refractivity contribution in [1.29, 1.82) is 0 Å². The van der Waals surface area contributed by atoms with Crippen LogP contribution in [0.4, 0.5) is 0 Å². The molecule has 0 spiro atoms. The van der Waals surface area contributed by atoms with E-state index >= 15 is 0 Å². The maximum atomic E-state index is 12.8. The average molecular weight is 427 g/mol. The lowest BCUT2D eigenvalue weighted by Crippen LogP contribution is -2.25. The highest BCUT2D eigenvalue weighted by molar-refractivity contribution is 5.87. The lowest BCUT2D eigenvalue weighted by molar-refractivity contribution is -0.119. The van der Waals surface area contributed by atoms with Crippen LogP contribution in [-0.4, -0.2) is 18.0 Å². The summed E-state index contributed by atoms with van der Waals surface area (Å²) in [4.78, 5) is 18.0. The van der Waals surface area contributed by atoms with E-state index in [1.165, 1.54) is 0 Å². The summed E-state index contributed by atoms with van der Waals surface area (Å²) in [6.45, 7) is 6.21. The zero-order valence-corrected chi connectivity index (χ0v) is 19.2. The number of aromatic nitrogens is 1. The first-order valence-electron chi connectivity index (χ1n) is 11.2. The molecular weight excluding hydrogens is 396 g/mol. The quantitative estimate of drug-likeness (QED) is 0.594. The van der Waals surface area contributed by atoms with Gasteiger partial charge in [-0.2, -0.15) is 0 Å². The number of methoxy groups -OCH3 is 1. The third kappa shape index (κ3) is 4.18. The van der Waals surface area contributed by atoms with E-state index in [9.17, 15) is 4.79 Å². The average Bonchev–Trinajstić information content (AvgIpc) is 2.93. The van der Waals surface area contributed by atoms with E-state index in [1.54, 1.807) is 7.11 Å². The molecule has 0 saturated carbocycles. The van der Waals surface area contributed by atoms with Gasteiger partial charge in [-0.25, -0.2) is 0 Å². The Kier molecular flexibility index (Phi) is 6.40. The Morgan fingerprint density at radius 3 is 2.88 bits per heavy atom. The minimum Gasteiger partial charge on any atom is -0.496 e. The second-order valence-corrected chi connectivity index (χ2v) is 8.23. The van der Waals surface area contributed by atoms with Crippen LogP contribution in [0.2, 0.25) is 0 Å². The van der Waals surface area contributed by atoms with Gasteiger partial charge in [-0.1, -0.05) is 43.4 Å². The van der Waals surface area contributed by atoms with E-state index < -0.39 is 0 Å². The van der Waals surface area contributed by atoms with Crippen LogP contribution in [0.5, 0.6) is 5.75 Å². The Morgan fingerprint density at radius 2 is 2.16 bits per heavy atom. The van der Waals surface area contributed by atoms with Crippen molar-refractivity contribution in [2.45, 2.75) is 46.0 Å². The van der Waals surface area contributed by atoms with Crippen molar-refractivity contribution < 1.29 is 9.53 Å². The van der Waals surface area contributed by atoms with Gasteiger partial charge in [0.15, 0.2) is 0 Å². The molecule has 1 unspecified atom stereocenters. The highest BCUT2D eigenvalue weighted by atomic mass is 16.5. The fourth-order valence-electron chi connectivity index (χ4n) is 4.56. The molecule has 0 saturated heterocycles. The highest BCUT2D eigenvalue weighted by Crippen LogP contribution is 2.39. The van der Waals surface area contributed by atoms with Gasteiger partial charge in [-0.05, 0) is 78.8 Å². The van der Waals surface area contributed by atoms with Gasteiger partial charge in [0, 0.05) is 11.6 Å². The number of pyridine rings is 1. The molecule has 1 amide bonds. The van der Waals surface area contributed by atoms with E-state index in [2.05, 4.69) is 48.7 Å². The maximum absolute atomic E-state index is 12.8. The zero-order chi connectivity index (χ0) is 22.7. The highest BCUT2D eigenvalue weighted by Gasteiger charge is 2.30. The minimum absolute atomic E-state index is 0.00844. The molecule has 1 aromatic carbocycles. The summed E-state index contributed by atoms with van der Waals surface area (Å²) in [5.41, 5.74) is 8.18. The second kappa shape index (κ2) is 9.39. The van der Waals surface area contributed by atoms with Gasteiger partial charge in [-0.15, -0.1) is 0 Å². The number of aryl methyl sites for hydroxylation is 1. The molecule has 2 aromatic rings. The predicted octanol–water partition coefficient (Wildman–Crippen LogP) is 6.03. The predicted molar refractivity (Wildman–Crippen MR) is 130 cm³/mol.